The molecule has 1 N–H and O–H groups in total. The van der Waals surface area contributed by atoms with Crippen LogP contribution in [0.1, 0.15) is 17.5 Å². The Morgan fingerprint density at radius 1 is 1.05 bits per heavy atom. The van der Waals surface area contributed by atoms with E-state index in [9.17, 15) is 0 Å². The van der Waals surface area contributed by atoms with Crippen molar-refractivity contribution in [2.45, 2.75) is 19.4 Å². The summed E-state index contributed by atoms with van der Waals surface area (Å²) in [6.07, 6.45) is 1.49. The number of methoxy groups -OCH3 is 1. The number of aryl methyl sites for hydroxylation is 1. The number of rotatable bonds is 7. The van der Waals surface area contributed by atoms with Crippen LogP contribution in [0.15, 0.2) is 48.5 Å². The quantitative estimate of drug-likeness (QED) is 0.841. The Balaban J connectivity index is 2.09. The minimum Gasteiger partial charge on any atom is -0.497 e. The molecule has 0 radical (unpaired) electrons. The Morgan fingerprint density at radius 3 is 2.55 bits per heavy atom. The molecule has 0 atom stereocenters. The Labute approximate surface area is 119 Å². The summed E-state index contributed by atoms with van der Waals surface area (Å²) in [5.74, 6) is 1.66. The largest absolute Gasteiger partial charge is 0.497 e. The minimum atomic E-state index is 0.176. The van der Waals surface area contributed by atoms with Crippen molar-refractivity contribution in [3.63, 3.8) is 0 Å². The van der Waals surface area contributed by atoms with Gasteiger partial charge < -0.3 is 14.6 Å². The van der Waals surface area contributed by atoms with Gasteiger partial charge in [0.15, 0.2) is 0 Å². The smallest absolute Gasteiger partial charge is 0.123 e. The van der Waals surface area contributed by atoms with E-state index >= 15 is 0 Å². The first-order chi connectivity index (χ1) is 9.83. The molecular weight excluding hydrogens is 252 g/mol. The normalized spacial score (nSPS) is 10.3. The van der Waals surface area contributed by atoms with Crippen LogP contribution < -0.4 is 9.47 Å². The van der Waals surface area contributed by atoms with Gasteiger partial charge in [0, 0.05) is 6.61 Å². The van der Waals surface area contributed by atoms with E-state index in [2.05, 4.69) is 0 Å². The molecule has 106 valence electrons. The van der Waals surface area contributed by atoms with Gasteiger partial charge in [0.25, 0.3) is 0 Å². The molecular formula is C17H20O3. The number of hydrogen-bond acceptors (Lipinski definition) is 3. The molecule has 2 aromatic rings. The van der Waals surface area contributed by atoms with Gasteiger partial charge in [-0.1, -0.05) is 30.3 Å². The predicted octanol–water partition coefficient (Wildman–Crippen LogP) is 3.20. The summed E-state index contributed by atoms with van der Waals surface area (Å²) < 4.78 is 11.1. The number of benzene rings is 2. The monoisotopic (exact) mass is 272 g/mol. The van der Waals surface area contributed by atoms with Crippen molar-refractivity contribution in [3.05, 3.63) is 59.7 Å². The lowest BCUT2D eigenvalue weighted by atomic mass is 10.1. The van der Waals surface area contributed by atoms with Gasteiger partial charge in [0.1, 0.15) is 18.1 Å². The van der Waals surface area contributed by atoms with Crippen molar-refractivity contribution >= 4 is 0 Å². The zero-order valence-corrected chi connectivity index (χ0v) is 11.7. The molecule has 0 aliphatic rings. The third kappa shape index (κ3) is 4.00. The SMILES string of the molecule is COc1ccc(OCc2ccccc2)c(CCCO)c1. The molecule has 0 heterocycles. The maximum atomic E-state index is 8.98. The van der Waals surface area contributed by atoms with Gasteiger partial charge in [-0.15, -0.1) is 0 Å². The fourth-order valence-electron chi connectivity index (χ4n) is 2.02. The first kappa shape index (κ1) is 14.4. The van der Waals surface area contributed by atoms with Crippen LogP contribution in [-0.2, 0) is 13.0 Å². The number of hydrogen-bond donors (Lipinski definition) is 1. The molecule has 0 fully saturated rings. The summed E-state index contributed by atoms with van der Waals surface area (Å²) in [5, 5.41) is 8.98. The second-order valence-corrected chi connectivity index (χ2v) is 4.58. The first-order valence-corrected chi connectivity index (χ1v) is 6.78. The van der Waals surface area contributed by atoms with E-state index in [-0.39, 0.29) is 6.61 Å². The van der Waals surface area contributed by atoms with Gasteiger partial charge in [0.05, 0.1) is 7.11 Å². The molecule has 3 heteroatoms. The molecule has 2 aromatic carbocycles. The Hall–Kier alpha value is -2.00. The average Bonchev–Trinajstić information content (AvgIpc) is 2.52. The third-order valence-corrected chi connectivity index (χ3v) is 3.11. The molecule has 0 aliphatic carbocycles. The minimum absolute atomic E-state index is 0.176. The number of aliphatic hydroxyl groups excluding tert-OH is 1. The van der Waals surface area contributed by atoms with Gasteiger partial charge in [-0.25, -0.2) is 0 Å². The second kappa shape index (κ2) is 7.56. The fourth-order valence-corrected chi connectivity index (χ4v) is 2.02. The van der Waals surface area contributed by atoms with Crippen molar-refractivity contribution in [3.8, 4) is 11.5 Å². The van der Waals surface area contributed by atoms with Crippen LogP contribution in [0, 0.1) is 0 Å². The van der Waals surface area contributed by atoms with E-state index in [1.807, 2.05) is 48.5 Å². The molecule has 0 saturated carbocycles. The molecule has 0 aromatic heterocycles. The zero-order chi connectivity index (χ0) is 14.2. The highest BCUT2D eigenvalue weighted by Crippen LogP contribution is 2.26. The Morgan fingerprint density at radius 2 is 1.85 bits per heavy atom. The summed E-state index contributed by atoms with van der Waals surface area (Å²) in [5.41, 5.74) is 2.20. The van der Waals surface area contributed by atoms with Crippen LogP contribution in [-0.4, -0.2) is 18.8 Å². The molecule has 0 saturated heterocycles. The van der Waals surface area contributed by atoms with Crippen LogP contribution in [0.3, 0.4) is 0 Å². The topological polar surface area (TPSA) is 38.7 Å². The second-order valence-electron chi connectivity index (χ2n) is 4.58. The fraction of sp³-hybridized carbons (Fsp3) is 0.294. The van der Waals surface area contributed by atoms with Crippen LogP contribution in [0.25, 0.3) is 0 Å². The molecule has 0 aliphatic heterocycles. The van der Waals surface area contributed by atoms with Gasteiger partial charge in [0.2, 0.25) is 0 Å². The first-order valence-electron chi connectivity index (χ1n) is 6.78. The lowest BCUT2D eigenvalue weighted by Crippen LogP contribution is -2.00. The van der Waals surface area contributed by atoms with E-state index in [4.69, 9.17) is 14.6 Å². The highest BCUT2D eigenvalue weighted by atomic mass is 16.5. The molecule has 0 bridgehead atoms. The van der Waals surface area contributed by atoms with Crippen molar-refractivity contribution in [1.29, 1.82) is 0 Å². The molecule has 0 spiro atoms. The summed E-state index contributed by atoms with van der Waals surface area (Å²) >= 11 is 0. The molecule has 0 unspecified atom stereocenters. The summed E-state index contributed by atoms with van der Waals surface area (Å²) in [4.78, 5) is 0. The zero-order valence-electron chi connectivity index (χ0n) is 11.7. The lowest BCUT2D eigenvalue weighted by Gasteiger charge is -2.13. The lowest BCUT2D eigenvalue weighted by molar-refractivity contribution is 0.283. The van der Waals surface area contributed by atoms with Gasteiger partial charge in [-0.05, 0) is 42.2 Å². The summed E-state index contributed by atoms with van der Waals surface area (Å²) in [6.45, 7) is 0.717. The van der Waals surface area contributed by atoms with Crippen LogP contribution in [0.5, 0.6) is 11.5 Å². The van der Waals surface area contributed by atoms with Crippen LogP contribution in [0.2, 0.25) is 0 Å². The molecule has 20 heavy (non-hydrogen) atoms. The van der Waals surface area contributed by atoms with Gasteiger partial charge in [-0.3, -0.25) is 0 Å². The third-order valence-electron chi connectivity index (χ3n) is 3.11. The van der Waals surface area contributed by atoms with Crippen molar-refractivity contribution < 1.29 is 14.6 Å². The van der Waals surface area contributed by atoms with Crippen LogP contribution in [0.4, 0.5) is 0 Å². The maximum Gasteiger partial charge on any atom is 0.123 e. The van der Waals surface area contributed by atoms with Gasteiger partial charge >= 0.3 is 0 Å². The van der Waals surface area contributed by atoms with Gasteiger partial charge in [-0.2, -0.15) is 0 Å². The predicted molar refractivity (Wildman–Crippen MR) is 79.2 cm³/mol. The Kier molecular flexibility index (Phi) is 5.44. The molecule has 3 nitrogen and oxygen atoms in total. The number of ether oxygens (including phenoxy) is 2. The van der Waals surface area contributed by atoms with E-state index in [1.54, 1.807) is 7.11 Å². The molecule has 0 amide bonds. The van der Waals surface area contributed by atoms with Crippen molar-refractivity contribution in [2.75, 3.05) is 13.7 Å². The summed E-state index contributed by atoms with van der Waals surface area (Å²) in [6, 6.07) is 15.9. The van der Waals surface area contributed by atoms with E-state index in [0.717, 1.165) is 35.5 Å². The molecule has 2 rings (SSSR count). The highest BCUT2D eigenvalue weighted by Gasteiger charge is 2.06. The van der Waals surface area contributed by atoms with Crippen LogP contribution >= 0.6 is 0 Å². The standard InChI is InChI=1S/C17H20O3/c1-19-16-9-10-17(15(12-16)8-5-11-18)20-13-14-6-3-2-4-7-14/h2-4,6-7,9-10,12,18H,5,8,11,13H2,1H3. The van der Waals surface area contributed by atoms with E-state index < -0.39 is 0 Å². The maximum absolute atomic E-state index is 8.98. The highest BCUT2D eigenvalue weighted by molar-refractivity contribution is 5.40. The Bertz CT molecular complexity index is 523. The average molecular weight is 272 g/mol. The summed E-state index contributed by atoms with van der Waals surface area (Å²) in [7, 11) is 1.65. The van der Waals surface area contributed by atoms with E-state index in [1.165, 1.54) is 0 Å². The van der Waals surface area contributed by atoms with Crippen molar-refractivity contribution in [2.24, 2.45) is 0 Å². The van der Waals surface area contributed by atoms with Crippen molar-refractivity contribution in [1.82, 2.24) is 0 Å². The number of aliphatic hydroxyl groups is 1. The van der Waals surface area contributed by atoms with E-state index in [0.29, 0.717) is 6.61 Å².